The molecule has 1 N–H and O–H groups in total. The van der Waals surface area contributed by atoms with E-state index in [4.69, 9.17) is 9.72 Å². The van der Waals surface area contributed by atoms with Crippen LogP contribution in [0.2, 0.25) is 0 Å². The second kappa shape index (κ2) is 6.10. The Morgan fingerprint density at radius 2 is 1.77 bits per heavy atom. The van der Waals surface area contributed by atoms with Crippen LogP contribution in [0.25, 0.3) is 10.8 Å². The molecule has 2 aliphatic rings. The van der Waals surface area contributed by atoms with Crippen LogP contribution < -0.4 is 15.1 Å². The van der Waals surface area contributed by atoms with Gasteiger partial charge in [-0.15, -0.1) is 0 Å². The van der Waals surface area contributed by atoms with Gasteiger partial charge in [-0.1, -0.05) is 12.1 Å². The molecule has 2 fully saturated rings. The molecule has 0 radical (unpaired) electrons. The van der Waals surface area contributed by atoms with Crippen LogP contribution in [0.5, 0.6) is 0 Å². The summed E-state index contributed by atoms with van der Waals surface area (Å²) in [5, 5.41) is 5.97. The molecule has 4 rings (SSSR count). The summed E-state index contributed by atoms with van der Waals surface area (Å²) in [6, 6.07) is 8.67. The van der Waals surface area contributed by atoms with Gasteiger partial charge in [0.15, 0.2) is 0 Å². The molecule has 0 unspecified atom stereocenters. The Morgan fingerprint density at radius 3 is 2.59 bits per heavy atom. The molecule has 2 aliphatic heterocycles. The topological polar surface area (TPSA) is 40.6 Å². The number of pyridine rings is 1. The third-order valence-corrected chi connectivity index (χ3v) is 4.52. The Hall–Kier alpha value is -1.85. The van der Waals surface area contributed by atoms with E-state index in [2.05, 4.69) is 39.4 Å². The van der Waals surface area contributed by atoms with E-state index in [-0.39, 0.29) is 0 Å². The van der Waals surface area contributed by atoms with Crippen molar-refractivity contribution < 1.29 is 4.74 Å². The van der Waals surface area contributed by atoms with E-state index < -0.39 is 0 Å². The number of aromatic nitrogens is 1. The Bertz CT molecular complexity index is 595. The zero-order chi connectivity index (χ0) is 14.8. The number of morpholine rings is 1. The number of nitrogens with zero attached hydrogens (tertiary/aromatic N) is 3. The Kier molecular flexibility index (Phi) is 3.83. The van der Waals surface area contributed by atoms with Crippen LogP contribution in [0.4, 0.5) is 11.5 Å². The molecule has 116 valence electrons. The monoisotopic (exact) mass is 298 g/mol. The Labute approximate surface area is 130 Å². The van der Waals surface area contributed by atoms with Crippen molar-refractivity contribution in [2.45, 2.75) is 0 Å². The summed E-state index contributed by atoms with van der Waals surface area (Å²) in [6.45, 7) is 7.60. The molecule has 0 aliphatic carbocycles. The van der Waals surface area contributed by atoms with Crippen LogP contribution in [-0.2, 0) is 4.74 Å². The third-order valence-electron chi connectivity index (χ3n) is 4.52. The van der Waals surface area contributed by atoms with Gasteiger partial charge in [-0.2, -0.15) is 0 Å². The van der Waals surface area contributed by atoms with Gasteiger partial charge in [0.1, 0.15) is 5.82 Å². The fraction of sp³-hybridized carbons (Fsp3) is 0.471. The van der Waals surface area contributed by atoms with Crippen molar-refractivity contribution in [3.8, 4) is 0 Å². The van der Waals surface area contributed by atoms with Gasteiger partial charge < -0.3 is 19.9 Å². The molecular formula is C17H22N4O. The fourth-order valence-electron chi connectivity index (χ4n) is 3.38. The standard InChI is InChI=1S/C17H22N4O/c1-2-14-4-5-19-17(21-8-6-18-7-9-21)16(14)15(3-1)20-10-12-22-13-11-20/h1-5,18H,6-13H2. The van der Waals surface area contributed by atoms with Crippen LogP contribution in [0.1, 0.15) is 0 Å². The number of rotatable bonds is 2. The first-order valence-electron chi connectivity index (χ1n) is 8.09. The van der Waals surface area contributed by atoms with E-state index in [1.807, 2.05) is 6.20 Å². The number of benzene rings is 1. The zero-order valence-electron chi connectivity index (χ0n) is 12.8. The minimum Gasteiger partial charge on any atom is -0.378 e. The molecule has 0 saturated carbocycles. The first-order valence-corrected chi connectivity index (χ1v) is 8.09. The minimum absolute atomic E-state index is 0.805. The quantitative estimate of drug-likeness (QED) is 0.909. The molecule has 0 atom stereocenters. The van der Waals surface area contributed by atoms with Gasteiger partial charge in [0.25, 0.3) is 0 Å². The highest BCUT2D eigenvalue weighted by atomic mass is 16.5. The molecule has 5 nitrogen and oxygen atoms in total. The molecule has 1 aromatic carbocycles. The molecule has 2 saturated heterocycles. The van der Waals surface area contributed by atoms with Gasteiger partial charge in [0.2, 0.25) is 0 Å². The summed E-state index contributed by atoms with van der Waals surface area (Å²) >= 11 is 0. The predicted octanol–water partition coefficient (Wildman–Crippen LogP) is 1.48. The van der Waals surface area contributed by atoms with Crippen molar-refractivity contribution >= 4 is 22.3 Å². The van der Waals surface area contributed by atoms with E-state index in [1.54, 1.807) is 0 Å². The number of hydrogen-bond acceptors (Lipinski definition) is 5. The molecule has 0 spiro atoms. The molecule has 1 aromatic heterocycles. The summed E-state index contributed by atoms with van der Waals surface area (Å²) in [4.78, 5) is 9.56. The zero-order valence-corrected chi connectivity index (χ0v) is 12.8. The lowest BCUT2D eigenvalue weighted by Crippen LogP contribution is -2.44. The molecule has 22 heavy (non-hydrogen) atoms. The van der Waals surface area contributed by atoms with E-state index in [0.717, 1.165) is 58.3 Å². The van der Waals surface area contributed by atoms with Gasteiger partial charge in [-0.05, 0) is 17.5 Å². The first kappa shape index (κ1) is 13.8. The lowest BCUT2D eigenvalue weighted by Gasteiger charge is -2.33. The van der Waals surface area contributed by atoms with E-state index in [1.165, 1.54) is 16.5 Å². The van der Waals surface area contributed by atoms with Gasteiger partial charge in [-0.3, -0.25) is 0 Å². The van der Waals surface area contributed by atoms with Gasteiger partial charge in [0, 0.05) is 56.5 Å². The molecule has 5 heteroatoms. The van der Waals surface area contributed by atoms with E-state index in [9.17, 15) is 0 Å². The van der Waals surface area contributed by atoms with Crippen molar-refractivity contribution in [3.63, 3.8) is 0 Å². The maximum absolute atomic E-state index is 5.50. The molecule has 2 aromatic rings. The summed E-state index contributed by atoms with van der Waals surface area (Å²) in [5.41, 5.74) is 1.29. The largest absolute Gasteiger partial charge is 0.378 e. The van der Waals surface area contributed by atoms with Crippen LogP contribution in [0, 0.1) is 0 Å². The summed E-state index contributed by atoms with van der Waals surface area (Å²) in [5.74, 6) is 1.13. The van der Waals surface area contributed by atoms with Crippen LogP contribution in [0.3, 0.4) is 0 Å². The second-order valence-corrected chi connectivity index (χ2v) is 5.85. The lowest BCUT2D eigenvalue weighted by atomic mass is 10.1. The van der Waals surface area contributed by atoms with Crippen LogP contribution in [0.15, 0.2) is 30.5 Å². The highest BCUT2D eigenvalue weighted by Gasteiger charge is 2.20. The molecular weight excluding hydrogens is 276 g/mol. The average molecular weight is 298 g/mol. The Morgan fingerprint density at radius 1 is 0.955 bits per heavy atom. The van der Waals surface area contributed by atoms with Gasteiger partial charge in [0.05, 0.1) is 13.2 Å². The van der Waals surface area contributed by atoms with E-state index >= 15 is 0 Å². The van der Waals surface area contributed by atoms with Gasteiger partial charge >= 0.3 is 0 Å². The normalized spacial score (nSPS) is 19.6. The molecule has 0 amide bonds. The van der Waals surface area contributed by atoms with Crippen molar-refractivity contribution in [3.05, 3.63) is 30.5 Å². The molecule has 3 heterocycles. The van der Waals surface area contributed by atoms with Crippen molar-refractivity contribution in [1.29, 1.82) is 0 Å². The maximum Gasteiger partial charge on any atom is 0.138 e. The number of hydrogen-bond donors (Lipinski definition) is 1. The number of piperazine rings is 1. The number of anilines is 2. The predicted molar refractivity (Wildman–Crippen MR) is 89.9 cm³/mol. The summed E-state index contributed by atoms with van der Waals surface area (Å²) < 4.78 is 5.50. The van der Waals surface area contributed by atoms with Crippen molar-refractivity contribution in [2.24, 2.45) is 0 Å². The first-order chi connectivity index (χ1) is 10.9. The number of nitrogens with one attached hydrogen (secondary N) is 1. The van der Waals surface area contributed by atoms with Crippen LogP contribution >= 0.6 is 0 Å². The maximum atomic E-state index is 5.50. The summed E-state index contributed by atoms with van der Waals surface area (Å²) in [7, 11) is 0. The molecule has 0 bridgehead atoms. The van der Waals surface area contributed by atoms with E-state index in [0.29, 0.717) is 0 Å². The highest BCUT2D eigenvalue weighted by Crippen LogP contribution is 2.34. The Balaban J connectivity index is 1.82. The van der Waals surface area contributed by atoms with Crippen LogP contribution in [-0.4, -0.2) is 57.5 Å². The fourth-order valence-corrected chi connectivity index (χ4v) is 3.38. The highest BCUT2D eigenvalue weighted by molar-refractivity contribution is 6.02. The SMILES string of the molecule is c1cc(N2CCOCC2)c2c(N3CCNCC3)nccc2c1. The van der Waals surface area contributed by atoms with Crippen molar-refractivity contribution in [1.82, 2.24) is 10.3 Å². The lowest BCUT2D eigenvalue weighted by molar-refractivity contribution is 0.123. The second-order valence-electron chi connectivity index (χ2n) is 5.85. The third kappa shape index (κ3) is 2.51. The average Bonchev–Trinajstić information content (AvgIpc) is 2.62. The smallest absolute Gasteiger partial charge is 0.138 e. The van der Waals surface area contributed by atoms with Crippen molar-refractivity contribution in [2.75, 3.05) is 62.3 Å². The minimum atomic E-state index is 0.805. The number of ether oxygens (including phenoxy) is 1. The van der Waals surface area contributed by atoms with Gasteiger partial charge in [-0.25, -0.2) is 4.98 Å². The summed E-state index contributed by atoms with van der Waals surface area (Å²) in [6.07, 6.45) is 1.93. The number of fused-ring (bicyclic) bond motifs is 1.